The standard InChI is InChI=1S/C20H27ClN4O5S/c1-3-30-19(26)17-16(13-24-9-11-25(12-10-24)31(28,29)4-2)22-20(27)23-18(17)14-5-7-15(21)8-6-14/h5-8,18H,3-4,9-13H2,1-2H3,(H2,22,23,27). The summed E-state index contributed by atoms with van der Waals surface area (Å²) in [6, 6.07) is 5.80. The number of benzene rings is 1. The van der Waals surface area contributed by atoms with Crippen LogP contribution in [0.4, 0.5) is 4.79 Å². The zero-order chi connectivity index (χ0) is 22.6. The number of rotatable bonds is 7. The quantitative estimate of drug-likeness (QED) is 0.584. The van der Waals surface area contributed by atoms with Crippen molar-refractivity contribution in [2.24, 2.45) is 0 Å². The fourth-order valence-electron chi connectivity index (χ4n) is 3.67. The molecule has 3 rings (SSSR count). The largest absolute Gasteiger partial charge is 0.463 e. The Morgan fingerprint density at radius 2 is 1.81 bits per heavy atom. The number of amides is 2. The topological polar surface area (TPSA) is 108 Å². The van der Waals surface area contributed by atoms with Crippen LogP contribution in [0.1, 0.15) is 25.5 Å². The van der Waals surface area contributed by atoms with Gasteiger partial charge in [-0.2, -0.15) is 4.31 Å². The van der Waals surface area contributed by atoms with Crippen molar-refractivity contribution in [3.8, 4) is 0 Å². The number of halogens is 1. The zero-order valence-electron chi connectivity index (χ0n) is 17.6. The molecule has 9 nitrogen and oxygen atoms in total. The van der Waals surface area contributed by atoms with Crippen molar-refractivity contribution in [1.29, 1.82) is 0 Å². The van der Waals surface area contributed by atoms with Gasteiger partial charge in [-0.1, -0.05) is 23.7 Å². The second-order valence-corrected chi connectivity index (χ2v) is 9.97. The lowest BCUT2D eigenvalue weighted by Gasteiger charge is -2.36. The molecular formula is C20H27ClN4O5S. The van der Waals surface area contributed by atoms with Gasteiger partial charge < -0.3 is 15.4 Å². The SMILES string of the molecule is CCOC(=O)C1=C(CN2CCN(S(=O)(=O)CC)CC2)NC(=O)NC1c1ccc(Cl)cc1. The van der Waals surface area contributed by atoms with Gasteiger partial charge in [0.25, 0.3) is 0 Å². The first-order chi connectivity index (χ1) is 14.7. The second-order valence-electron chi connectivity index (χ2n) is 7.27. The van der Waals surface area contributed by atoms with Crippen molar-refractivity contribution in [2.45, 2.75) is 19.9 Å². The molecule has 31 heavy (non-hydrogen) atoms. The highest BCUT2D eigenvalue weighted by molar-refractivity contribution is 7.89. The number of hydrogen-bond donors (Lipinski definition) is 2. The highest BCUT2D eigenvalue weighted by Gasteiger charge is 2.35. The summed E-state index contributed by atoms with van der Waals surface area (Å²) in [6.45, 7) is 5.56. The van der Waals surface area contributed by atoms with Gasteiger partial charge in [0.05, 0.1) is 24.0 Å². The van der Waals surface area contributed by atoms with Crippen molar-refractivity contribution < 1.29 is 22.7 Å². The van der Waals surface area contributed by atoms with Gasteiger partial charge in [0.2, 0.25) is 10.0 Å². The molecule has 0 saturated carbocycles. The molecule has 1 aromatic rings. The Balaban J connectivity index is 1.87. The summed E-state index contributed by atoms with van der Waals surface area (Å²) in [5, 5.41) is 6.08. The molecule has 1 fully saturated rings. The number of carbonyl (C=O) groups is 2. The Morgan fingerprint density at radius 3 is 2.39 bits per heavy atom. The minimum absolute atomic E-state index is 0.0651. The van der Waals surface area contributed by atoms with Crippen LogP contribution < -0.4 is 10.6 Å². The van der Waals surface area contributed by atoms with Crippen LogP contribution in [0, 0.1) is 0 Å². The minimum Gasteiger partial charge on any atom is -0.463 e. The van der Waals surface area contributed by atoms with Crippen molar-refractivity contribution in [3.05, 3.63) is 46.1 Å². The summed E-state index contributed by atoms with van der Waals surface area (Å²) in [4.78, 5) is 27.2. The number of sulfonamides is 1. The van der Waals surface area contributed by atoms with E-state index in [2.05, 4.69) is 10.6 Å². The third kappa shape index (κ3) is 5.57. The Kier molecular flexibility index (Phi) is 7.58. The number of hydrogen-bond acceptors (Lipinski definition) is 6. The lowest BCUT2D eigenvalue weighted by atomic mass is 9.95. The fraction of sp³-hybridized carbons (Fsp3) is 0.500. The normalized spacial score (nSPS) is 20.9. The molecule has 0 spiro atoms. The van der Waals surface area contributed by atoms with E-state index in [0.29, 0.717) is 54.6 Å². The second kappa shape index (κ2) is 9.99. The maximum absolute atomic E-state index is 12.8. The molecule has 1 saturated heterocycles. The number of esters is 1. The molecule has 11 heteroatoms. The Hall–Kier alpha value is -2.14. The van der Waals surface area contributed by atoms with Crippen LogP contribution in [0.15, 0.2) is 35.5 Å². The van der Waals surface area contributed by atoms with Crippen LogP contribution in [0.25, 0.3) is 0 Å². The summed E-state index contributed by atoms with van der Waals surface area (Å²) in [5.41, 5.74) is 1.49. The number of nitrogens with zero attached hydrogens (tertiary/aromatic N) is 2. The average molecular weight is 471 g/mol. The number of urea groups is 1. The summed E-state index contributed by atoms with van der Waals surface area (Å²) in [7, 11) is -3.24. The van der Waals surface area contributed by atoms with Gasteiger partial charge in [-0.05, 0) is 31.5 Å². The van der Waals surface area contributed by atoms with Crippen molar-refractivity contribution in [1.82, 2.24) is 19.8 Å². The monoisotopic (exact) mass is 470 g/mol. The zero-order valence-corrected chi connectivity index (χ0v) is 19.1. The average Bonchev–Trinajstić information content (AvgIpc) is 2.74. The lowest BCUT2D eigenvalue weighted by Crippen LogP contribution is -2.52. The molecule has 1 atom stereocenters. The molecular weight excluding hydrogens is 444 g/mol. The molecule has 2 aliphatic rings. The van der Waals surface area contributed by atoms with E-state index in [-0.39, 0.29) is 12.4 Å². The highest BCUT2D eigenvalue weighted by Crippen LogP contribution is 2.29. The van der Waals surface area contributed by atoms with E-state index >= 15 is 0 Å². The van der Waals surface area contributed by atoms with E-state index in [1.165, 1.54) is 4.31 Å². The fourth-order valence-corrected chi connectivity index (χ4v) is 4.88. The number of piperazine rings is 1. The Labute approximate surface area is 187 Å². The smallest absolute Gasteiger partial charge is 0.338 e. The maximum atomic E-state index is 12.8. The van der Waals surface area contributed by atoms with Crippen LogP contribution in [-0.4, -0.2) is 74.7 Å². The van der Waals surface area contributed by atoms with E-state index in [0.717, 1.165) is 0 Å². The first-order valence-electron chi connectivity index (χ1n) is 10.2. The van der Waals surface area contributed by atoms with Gasteiger partial charge in [-0.3, -0.25) is 4.90 Å². The van der Waals surface area contributed by atoms with Gasteiger partial charge in [-0.25, -0.2) is 18.0 Å². The van der Waals surface area contributed by atoms with Gasteiger partial charge in [0.1, 0.15) is 0 Å². The van der Waals surface area contributed by atoms with Crippen molar-refractivity contribution in [3.63, 3.8) is 0 Å². The maximum Gasteiger partial charge on any atom is 0.338 e. The predicted octanol–water partition coefficient (Wildman–Crippen LogP) is 1.48. The minimum atomic E-state index is -3.24. The molecule has 0 aliphatic carbocycles. The first-order valence-corrected chi connectivity index (χ1v) is 12.2. The molecule has 1 unspecified atom stereocenters. The Morgan fingerprint density at radius 1 is 1.16 bits per heavy atom. The van der Waals surface area contributed by atoms with Crippen molar-refractivity contribution in [2.75, 3.05) is 45.1 Å². The molecule has 2 heterocycles. The van der Waals surface area contributed by atoms with Gasteiger partial charge in [0.15, 0.2) is 0 Å². The van der Waals surface area contributed by atoms with Crippen molar-refractivity contribution >= 4 is 33.6 Å². The van der Waals surface area contributed by atoms with Gasteiger partial charge in [-0.15, -0.1) is 0 Å². The number of ether oxygens (including phenoxy) is 1. The van der Waals surface area contributed by atoms with Crippen LogP contribution in [0.2, 0.25) is 5.02 Å². The summed E-state index contributed by atoms with van der Waals surface area (Å²) < 4.78 is 30.9. The lowest BCUT2D eigenvalue weighted by molar-refractivity contribution is -0.139. The highest BCUT2D eigenvalue weighted by atomic mass is 35.5. The van der Waals surface area contributed by atoms with Crippen LogP contribution >= 0.6 is 11.6 Å². The van der Waals surface area contributed by atoms with Gasteiger partial charge >= 0.3 is 12.0 Å². The van der Waals surface area contributed by atoms with Crippen LogP contribution in [-0.2, 0) is 19.6 Å². The molecule has 2 N–H and O–H groups in total. The summed E-state index contributed by atoms with van der Waals surface area (Å²) in [5.74, 6) is -0.451. The molecule has 0 radical (unpaired) electrons. The predicted molar refractivity (Wildman–Crippen MR) is 117 cm³/mol. The van der Waals surface area contributed by atoms with E-state index in [4.69, 9.17) is 16.3 Å². The third-order valence-corrected chi connectivity index (χ3v) is 7.46. The molecule has 2 aliphatic heterocycles. The summed E-state index contributed by atoms with van der Waals surface area (Å²) in [6.07, 6.45) is 0. The molecule has 1 aromatic carbocycles. The van der Waals surface area contributed by atoms with E-state index < -0.39 is 28.1 Å². The molecule has 0 bridgehead atoms. The Bertz CT molecular complexity index is 956. The van der Waals surface area contributed by atoms with E-state index in [1.54, 1.807) is 38.1 Å². The number of nitrogens with one attached hydrogen (secondary N) is 2. The van der Waals surface area contributed by atoms with E-state index in [1.807, 2.05) is 4.90 Å². The number of carbonyl (C=O) groups excluding carboxylic acids is 2. The molecule has 170 valence electrons. The van der Waals surface area contributed by atoms with Gasteiger partial charge in [0, 0.05) is 43.4 Å². The molecule has 2 amide bonds. The first kappa shape index (κ1) is 23.5. The van der Waals surface area contributed by atoms with Crippen LogP contribution in [0.3, 0.4) is 0 Å². The van der Waals surface area contributed by atoms with Crippen LogP contribution in [0.5, 0.6) is 0 Å². The van der Waals surface area contributed by atoms with E-state index in [9.17, 15) is 18.0 Å². The molecule has 0 aromatic heterocycles. The summed E-state index contributed by atoms with van der Waals surface area (Å²) >= 11 is 5.98. The third-order valence-electron chi connectivity index (χ3n) is 5.32.